The second-order valence-corrected chi connectivity index (χ2v) is 8.48. The molecule has 2 amide bonds. The molecule has 3 aromatic carbocycles. The number of carbonyl (C=O) groups is 2. The Morgan fingerprint density at radius 3 is 2.18 bits per heavy atom. The van der Waals surface area contributed by atoms with Gasteiger partial charge in [0.2, 0.25) is 5.91 Å². The van der Waals surface area contributed by atoms with Crippen LogP contribution in [0.2, 0.25) is 5.02 Å². The second-order valence-electron chi connectivity index (χ2n) is 7.63. The summed E-state index contributed by atoms with van der Waals surface area (Å²) in [7, 11) is 0. The predicted octanol–water partition coefficient (Wildman–Crippen LogP) is 5.13. The van der Waals surface area contributed by atoms with Crippen molar-refractivity contribution >= 4 is 57.8 Å². The Balaban J connectivity index is 1.46. The lowest BCUT2D eigenvalue weighted by Crippen LogP contribution is -2.39. The number of hydrogen-bond acceptors (Lipinski definition) is 3. The molecule has 4 rings (SSSR count). The van der Waals surface area contributed by atoms with Crippen molar-refractivity contribution in [2.75, 3.05) is 22.1 Å². The molecule has 0 radical (unpaired) electrons. The summed E-state index contributed by atoms with van der Waals surface area (Å²) in [6.45, 7) is 0.725. The average molecular weight is 479 g/mol. The highest BCUT2D eigenvalue weighted by Gasteiger charge is 2.23. The molecule has 0 aromatic heterocycles. The van der Waals surface area contributed by atoms with Gasteiger partial charge in [-0.25, -0.2) is 0 Å². The number of nitrogens with one attached hydrogen (secondary N) is 3. The molecule has 1 saturated heterocycles. The van der Waals surface area contributed by atoms with E-state index in [4.69, 9.17) is 23.8 Å². The van der Waals surface area contributed by atoms with Gasteiger partial charge < -0.3 is 20.9 Å². The molecule has 0 aliphatic carbocycles. The highest BCUT2D eigenvalue weighted by Crippen LogP contribution is 2.24. The van der Waals surface area contributed by atoms with E-state index in [9.17, 15) is 9.59 Å². The van der Waals surface area contributed by atoms with Crippen molar-refractivity contribution in [3.63, 3.8) is 0 Å². The maximum absolute atomic E-state index is 13.2. The molecule has 0 saturated carbocycles. The number of nitrogens with zero attached hydrogens (tertiary/aromatic N) is 1. The Morgan fingerprint density at radius 2 is 1.55 bits per heavy atom. The number of anilines is 3. The van der Waals surface area contributed by atoms with E-state index in [1.165, 1.54) is 0 Å². The van der Waals surface area contributed by atoms with Gasteiger partial charge in [-0.3, -0.25) is 9.59 Å². The van der Waals surface area contributed by atoms with E-state index in [0.717, 1.165) is 29.9 Å². The van der Waals surface area contributed by atoms with Gasteiger partial charge in [-0.05, 0) is 72.7 Å². The largest absolute Gasteiger partial charge is 0.347 e. The lowest BCUT2D eigenvalue weighted by atomic mass is 10.1. The van der Waals surface area contributed by atoms with Crippen LogP contribution in [0.5, 0.6) is 0 Å². The molecule has 1 atom stereocenters. The van der Waals surface area contributed by atoms with Crippen molar-refractivity contribution in [3.8, 4) is 0 Å². The molecule has 3 N–H and O–H groups in total. The summed E-state index contributed by atoms with van der Waals surface area (Å²) in [6, 6.07) is 23.1. The van der Waals surface area contributed by atoms with Crippen LogP contribution < -0.4 is 20.9 Å². The fraction of sp³-hybridized carbons (Fsp3) is 0.160. The molecule has 1 aliphatic heterocycles. The predicted molar refractivity (Wildman–Crippen MR) is 137 cm³/mol. The maximum atomic E-state index is 13.2. The third kappa shape index (κ3) is 5.88. The Morgan fingerprint density at radius 1 is 0.909 bits per heavy atom. The first kappa shape index (κ1) is 22.8. The summed E-state index contributed by atoms with van der Waals surface area (Å²) in [6.07, 6.45) is 1.44. The molecule has 1 aliphatic rings. The fourth-order valence-electron chi connectivity index (χ4n) is 3.64. The van der Waals surface area contributed by atoms with Crippen LogP contribution in [0, 0.1) is 0 Å². The van der Waals surface area contributed by atoms with E-state index in [-0.39, 0.29) is 11.8 Å². The molecule has 0 unspecified atom stereocenters. The van der Waals surface area contributed by atoms with E-state index < -0.39 is 6.04 Å². The zero-order valence-electron chi connectivity index (χ0n) is 17.8. The van der Waals surface area contributed by atoms with Crippen molar-refractivity contribution in [3.05, 3.63) is 89.4 Å². The first-order valence-corrected chi connectivity index (χ1v) is 11.4. The number of halogens is 1. The van der Waals surface area contributed by atoms with Gasteiger partial charge in [0, 0.05) is 35.1 Å². The highest BCUT2D eigenvalue weighted by atomic mass is 35.5. The van der Waals surface area contributed by atoms with Gasteiger partial charge in [-0.15, -0.1) is 0 Å². The van der Waals surface area contributed by atoms with Gasteiger partial charge in [-0.2, -0.15) is 0 Å². The molecule has 0 spiro atoms. The summed E-state index contributed by atoms with van der Waals surface area (Å²) in [4.78, 5) is 26.9. The molecule has 33 heavy (non-hydrogen) atoms. The number of thiocarbonyl (C=S) groups is 1. The van der Waals surface area contributed by atoms with Crippen molar-refractivity contribution in [1.29, 1.82) is 0 Å². The van der Waals surface area contributed by atoms with Crippen LogP contribution in [0.25, 0.3) is 0 Å². The fourth-order valence-corrected chi connectivity index (χ4v) is 4.00. The van der Waals surface area contributed by atoms with Crippen molar-refractivity contribution in [1.82, 2.24) is 5.32 Å². The Labute approximate surface area is 202 Å². The van der Waals surface area contributed by atoms with Crippen LogP contribution in [0.3, 0.4) is 0 Å². The summed E-state index contributed by atoms with van der Waals surface area (Å²) in [5.41, 5.74) is 3.00. The van der Waals surface area contributed by atoms with E-state index in [1.807, 2.05) is 42.5 Å². The van der Waals surface area contributed by atoms with Crippen LogP contribution in [0.4, 0.5) is 17.1 Å². The zero-order chi connectivity index (χ0) is 23.2. The maximum Gasteiger partial charge on any atom is 0.251 e. The van der Waals surface area contributed by atoms with E-state index in [2.05, 4.69) is 16.0 Å². The van der Waals surface area contributed by atoms with Gasteiger partial charge in [0.05, 0.1) is 0 Å². The van der Waals surface area contributed by atoms with E-state index in [0.29, 0.717) is 22.2 Å². The van der Waals surface area contributed by atoms with Crippen LogP contribution >= 0.6 is 23.8 Å². The minimum absolute atomic E-state index is 0.127. The van der Waals surface area contributed by atoms with Crippen LogP contribution in [-0.4, -0.2) is 23.5 Å². The first-order chi connectivity index (χ1) is 16.0. The Bertz CT molecular complexity index is 1140. The van der Waals surface area contributed by atoms with Gasteiger partial charge in [-0.1, -0.05) is 41.9 Å². The minimum Gasteiger partial charge on any atom is -0.347 e. The standard InChI is InChI=1S/C25H23ClN4O2S/c26-18-8-10-20(11-9-18)28-25(33)29-23(17-5-2-1-3-6-17)24(32)27-19-12-14-21(15-13-19)30-16-4-7-22(30)31/h1-3,5-6,8-15,23H,4,7,16H2,(H,27,32)(H2,28,29,33)/t23-/m0/s1. The quantitative estimate of drug-likeness (QED) is 0.428. The van der Waals surface area contributed by atoms with Crippen LogP contribution in [-0.2, 0) is 9.59 Å². The monoisotopic (exact) mass is 478 g/mol. The SMILES string of the molecule is O=C(Nc1ccc(N2CCCC2=O)cc1)[C@@H](NC(=S)Nc1ccc(Cl)cc1)c1ccccc1. The molecule has 168 valence electrons. The smallest absolute Gasteiger partial charge is 0.251 e. The molecule has 3 aromatic rings. The molecule has 0 bridgehead atoms. The molecule has 1 heterocycles. The summed E-state index contributed by atoms with van der Waals surface area (Å²) >= 11 is 11.4. The van der Waals surface area contributed by atoms with E-state index >= 15 is 0 Å². The van der Waals surface area contributed by atoms with Gasteiger partial charge in [0.15, 0.2) is 5.11 Å². The number of benzene rings is 3. The van der Waals surface area contributed by atoms with Crippen molar-refractivity contribution in [2.45, 2.75) is 18.9 Å². The first-order valence-electron chi connectivity index (χ1n) is 10.6. The number of amides is 2. The van der Waals surface area contributed by atoms with Gasteiger partial charge in [0.25, 0.3) is 5.91 Å². The molecular weight excluding hydrogens is 456 g/mol. The van der Waals surface area contributed by atoms with Gasteiger partial charge >= 0.3 is 0 Å². The Kier molecular flexibility index (Phi) is 7.22. The zero-order valence-corrected chi connectivity index (χ0v) is 19.3. The van der Waals surface area contributed by atoms with Crippen LogP contribution in [0.1, 0.15) is 24.4 Å². The summed E-state index contributed by atoms with van der Waals surface area (Å²) in [5.74, 6) is -0.131. The summed E-state index contributed by atoms with van der Waals surface area (Å²) in [5, 5.41) is 10.0. The third-order valence-electron chi connectivity index (χ3n) is 5.29. The third-order valence-corrected chi connectivity index (χ3v) is 5.76. The number of rotatable bonds is 6. The lowest BCUT2D eigenvalue weighted by Gasteiger charge is -2.21. The summed E-state index contributed by atoms with van der Waals surface area (Å²) < 4.78 is 0. The molecule has 6 nitrogen and oxygen atoms in total. The lowest BCUT2D eigenvalue weighted by molar-refractivity contribution is -0.118. The molecular formula is C25H23ClN4O2S. The normalized spacial score (nSPS) is 14.0. The van der Waals surface area contributed by atoms with Crippen LogP contribution in [0.15, 0.2) is 78.9 Å². The minimum atomic E-state index is -0.710. The molecule has 1 fully saturated rings. The van der Waals surface area contributed by atoms with Crippen molar-refractivity contribution in [2.24, 2.45) is 0 Å². The average Bonchev–Trinajstić information content (AvgIpc) is 3.26. The number of carbonyl (C=O) groups excluding carboxylic acids is 2. The highest BCUT2D eigenvalue weighted by molar-refractivity contribution is 7.80. The topological polar surface area (TPSA) is 73.5 Å². The van der Waals surface area contributed by atoms with Gasteiger partial charge in [0.1, 0.15) is 6.04 Å². The number of hydrogen-bond donors (Lipinski definition) is 3. The van der Waals surface area contributed by atoms with E-state index in [1.54, 1.807) is 41.3 Å². The van der Waals surface area contributed by atoms with Crippen molar-refractivity contribution < 1.29 is 9.59 Å². The Hall–Kier alpha value is -3.42. The second kappa shape index (κ2) is 10.5. The molecule has 8 heteroatoms.